The Morgan fingerprint density at radius 1 is 1.55 bits per heavy atom. The minimum atomic E-state index is -4.05. The maximum Gasteiger partial charge on any atom is 1.00 e. The van der Waals surface area contributed by atoms with E-state index in [1.165, 1.54) is 12.1 Å². The third-order valence-electron chi connectivity index (χ3n) is 0.803. The van der Waals surface area contributed by atoms with E-state index in [1.807, 2.05) is 0 Å². The van der Waals surface area contributed by atoms with E-state index in [0.717, 1.165) is 11.3 Å². The van der Waals surface area contributed by atoms with Gasteiger partial charge in [-0.25, -0.2) is 0 Å². The summed E-state index contributed by atoms with van der Waals surface area (Å²) in [5, 5.41) is 0. The smallest absolute Gasteiger partial charge is 1.00 e. The number of hydrogen-bond acceptors (Lipinski definition) is 3. The molecule has 0 aromatic carbocycles. The van der Waals surface area contributed by atoms with Crippen molar-refractivity contribution in [1.29, 1.82) is 0 Å². The molecule has 1 heterocycles. The second-order valence-electron chi connectivity index (χ2n) is 1.53. The fraction of sp³-hybridized carbons (Fsp3) is 0. The van der Waals surface area contributed by atoms with E-state index in [4.69, 9.17) is 16.2 Å². The number of thiophene rings is 1. The van der Waals surface area contributed by atoms with Crippen molar-refractivity contribution < 1.29 is 44.0 Å². The van der Waals surface area contributed by atoms with Crippen LogP contribution in [0.3, 0.4) is 0 Å². The van der Waals surface area contributed by atoms with E-state index >= 15 is 0 Å². The zero-order chi connectivity index (χ0) is 7.78. The zero-order valence-corrected chi connectivity index (χ0v) is 10.0. The van der Waals surface area contributed by atoms with Crippen LogP contribution in [-0.4, -0.2) is 13.0 Å². The first-order valence-corrected chi connectivity index (χ1v) is 4.86. The molecule has 0 unspecified atom stereocenters. The molecule has 1 aromatic heterocycles. The summed E-state index contributed by atoms with van der Waals surface area (Å²) >= 11 is 6.23. The summed E-state index contributed by atoms with van der Waals surface area (Å²) in [4.78, 5) is 0. The van der Waals surface area contributed by atoms with Crippen LogP contribution in [0.1, 0.15) is 1.43 Å². The van der Waals surface area contributed by atoms with Crippen LogP contribution >= 0.6 is 22.9 Å². The van der Waals surface area contributed by atoms with Crippen LogP contribution in [0.25, 0.3) is 0 Å². The largest absolute Gasteiger partial charge is 1.00 e. The Hall–Kier alpha value is 0.900. The van der Waals surface area contributed by atoms with Crippen LogP contribution in [0, 0.1) is 0 Å². The standard InChI is InChI=1S/C4H3ClO3S2.Na.H/c5-3-1-2-4(9-3)10(6,7)8;;/h1-2H,(H,6,7,8);;/q;+1;-1. The average molecular weight is 223 g/mol. The topological polar surface area (TPSA) is 54.4 Å². The maximum atomic E-state index is 10.4. The first-order chi connectivity index (χ1) is 4.50. The van der Waals surface area contributed by atoms with Crippen molar-refractivity contribution in [2.45, 2.75) is 4.21 Å². The first kappa shape index (κ1) is 11.9. The van der Waals surface area contributed by atoms with Gasteiger partial charge in [0.1, 0.15) is 4.21 Å². The van der Waals surface area contributed by atoms with E-state index in [9.17, 15) is 8.42 Å². The summed E-state index contributed by atoms with van der Waals surface area (Å²) in [6.45, 7) is 0. The van der Waals surface area contributed by atoms with E-state index < -0.39 is 10.1 Å². The third kappa shape index (κ3) is 3.42. The van der Waals surface area contributed by atoms with Gasteiger partial charge >= 0.3 is 39.7 Å². The molecule has 0 aliphatic carbocycles. The van der Waals surface area contributed by atoms with Gasteiger partial charge in [-0.3, -0.25) is 4.55 Å². The molecule has 11 heavy (non-hydrogen) atoms. The third-order valence-corrected chi connectivity index (χ3v) is 3.35. The molecule has 0 bridgehead atoms. The molecular formula is C4H4ClNaO3S2. The molecule has 1 rings (SSSR count). The van der Waals surface area contributed by atoms with Crippen molar-refractivity contribution in [3.8, 4) is 0 Å². The van der Waals surface area contributed by atoms with Gasteiger partial charge in [0.2, 0.25) is 0 Å². The minimum absolute atomic E-state index is 0. The average Bonchev–Trinajstić information content (AvgIpc) is 2.11. The van der Waals surface area contributed by atoms with Gasteiger partial charge in [-0.15, -0.1) is 11.3 Å². The maximum absolute atomic E-state index is 10.4. The van der Waals surface area contributed by atoms with Crippen molar-refractivity contribution in [1.82, 2.24) is 0 Å². The van der Waals surface area contributed by atoms with Crippen molar-refractivity contribution in [3.63, 3.8) is 0 Å². The van der Waals surface area contributed by atoms with Gasteiger partial charge in [0, 0.05) is 0 Å². The van der Waals surface area contributed by atoms with Crippen molar-refractivity contribution in [3.05, 3.63) is 16.5 Å². The number of rotatable bonds is 1. The zero-order valence-electron chi connectivity index (χ0n) is 6.61. The molecule has 0 saturated carbocycles. The molecule has 0 amide bonds. The number of hydrogen-bond donors (Lipinski definition) is 1. The quantitative estimate of drug-likeness (QED) is 0.478. The summed E-state index contributed by atoms with van der Waals surface area (Å²) in [5.41, 5.74) is 0. The first-order valence-electron chi connectivity index (χ1n) is 2.23. The van der Waals surface area contributed by atoms with Gasteiger partial charge in [-0.05, 0) is 12.1 Å². The molecule has 0 saturated heterocycles. The number of halogens is 1. The van der Waals surface area contributed by atoms with Crippen LogP contribution in [0.5, 0.6) is 0 Å². The van der Waals surface area contributed by atoms with Gasteiger partial charge in [0.05, 0.1) is 4.34 Å². The van der Waals surface area contributed by atoms with Gasteiger partial charge in [0.15, 0.2) is 0 Å². The molecule has 7 heteroatoms. The van der Waals surface area contributed by atoms with E-state index in [-0.39, 0.29) is 35.2 Å². The molecule has 0 aliphatic heterocycles. The summed E-state index contributed by atoms with van der Waals surface area (Å²) in [6.07, 6.45) is 0. The Balaban J connectivity index is 0. The molecule has 58 valence electrons. The molecular weight excluding hydrogens is 219 g/mol. The van der Waals surface area contributed by atoms with Gasteiger partial charge in [-0.2, -0.15) is 8.42 Å². The predicted molar refractivity (Wildman–Crippen MR) is 40.3 cm³/mol. The van der Waals surface area contributed by atoms with Crippen LogP contribution in [-0.2, 0) is 10.1 Å². The molecule has 1 aromatic rings. The Morgan fingerprint density at radius 2 is 2.09 bits per heavy atom. The summed E-state index contributed by atoms with van der Waals surface area (Å²) in [6, 6.07) is 2.66. The minimum Gasteiger partial charge on any atom is -1.00 e. The predicted octanol–water partition coefficient (Wildman–Crippen LogP) is -1.24. The fourth-order valence-corrected chi connectivity index (χ4v) is 2.28. The van der Waals surface area contributed by atoms with Crippen molar-refractivity contribution >= 4 is 33.1 Å². The molecule has 1 N–H and O–H groups in total. The summed E-state index contributed by atoms with van der Waals surface area (Å²) in [7, 11) is -4.05. The summed E-state index contributed by atoms with van der Waals surface area (Å²) < 4.78 is 29.3. The van der Waals surface area contributed by atoms with Gasteiger partial charge in [-0.1, -0.05) is 11.6 Å². The Labute approximate surface area is 96.9 Å². The van der Waals surface area contributed by atoms with Crippen LogP contribution < -0.4 is 29.6 Å². The van der Waals surface area contributed by atoms with E-state index in [2.05, 4.69) is 0 Å². The molecule has 0 spiro atoms. The van der Waals surface area contributed by atoms with Crippen LogP contribution in [0.15, 0.2) is 16.3 Å². The monoisotopic (exact) mass is 222 g/mol. The second-order valence-corrected chi connectivity index (χ2v) is 4.90. The molecule has 0 atom stereocenters. The second kappa shape index (κ2) is 4.23. The molecule has 0 aliphatic rings. The van der Waals surface area contributed by atoms with E-state index in [1.54, 1.807) is 0 Å². The summed E-state index contributed by atoms with van der Waals surface area (Å²) in [5.74, 6) is 0. The SMILES string of the molecule is O=S(=O)(O)c1ccc(Cl)s1.[H-].[Na+]. The van der Waals surface area contributed by atoms with Crippen LogP contribution in [0.4, 0.5) is 0 Å². The molecule has 0 fully saturated rings. The Bertz CT molecular complexity index is 336. The molecule has 0 radical (unpaired) electrons. The molecule has 3 nitrogen and oxygen atoms in total. The van der Waals surface area contributed by atoms with Crippen molar-refractivity contribution in [2.24, 2.45) is 0 Å². The fourth-order valence-electron chi connectivity index (χ4n) is 0.436. The van der Waals surface area contributed by atoms with Gasteiger partial charge in [0.25, 0.3) is 0 Å². The van der Waals surface area contributed by atoms with E-state index in [0.29, 0.717) is 4.34 Å². The Morgan fingerprint density at radius 3 is 2.27 bits per heavy atom. The van der Waals surface area contributed by atoms with Gasteiger partial charge < -0.3 is 1.43 Å². The normalized spacial score (nSPS) is 10.7. The van der Waals surface area contributed by atoms with Crippen molar-refractivity contribution in [2.75, 3.05) is 0 Å². The van der Waals surface area contributed by atoms with Crippen LogP contribution in [0.2, 0.25) is 4.34 Å². The Kier molecular flexibility index (Phi) is 4.57.